The number of fused-ring (bicyclic) bond motifs is 3. The van der Waals surface area contributed by atoms with E-state index in [2.05, 4.69) is 0 Å². The third kappa shape index (κ3) is 4.39. The molecular formula is C12H6Cl2Na2O7S2. The monoisotopic (exact) mass is 442 g/mol. The molecule has 0 saturated heterocycles. The first-order chi connectivity index (χ1) is 10.5. The van der Waals surface area contributed by atoms with Crippen LogP contribution in [0.5, 0.6) is 0 Å². The molecule has 1 heterocycles. The summed E-state index contributed by atoms with van der Waals surface area (Å²) in [6, 6.07) is 4.62. The molecule has 0 atom stereocenters. The zero-order valence-corrected chi connectivity index (χ0v) is 20.0. The minimum absolute atomic E-state index is 0. The molecule has 124 valence electrons. The van der Waals surface area contributed by atoms with Gasteiger partial charge in [-0.2, -0.15) is 16.8 Å². The number of benzene rings is 2. The van der Waals surface area contributed by atoms with Gasteiger partial charge in [0.15, 0.2) is 0 Å². The molecule has 0 unspecified atom stereocenters. The molecule has 1 aromatic heterocycles. The van der Waals surface area contributed by atoms with Gasteiger partial charge in [-0.1, -0.05) is 23.2 Å². The van der Waals surface area contributed by atoms with Crippen molar-refractivity contribution in [2.75, 3.05) is 0 Å². The predicted octanol–water partition coefficient (Wildman–Crippen LogP) is 2.62. The average molecular weight is 443 g/mol. The van der Waals surface area contributed by atoms with Gasteiger partial charge in [-0.3, -0.25) is 9.11 Å². The van der Waals surface area contributed by atoms with Gasteiger partial charge in [-0.05, 0) is 18.2 Å². The van der Waals surface area contributed by atoms with E-state index < -0.39 is 30.0 Å². The molecule has 0 fully saturated rings. The number of furan rings is 1. The standard InChI is InChI=1S/C12H6Cl2O7S2.2Na/c13-6-1-2-8-11(12(6)23(18,19)20)5-3-10(22(15,16)17)7(14)4-9(5)21-8;;/h1-4H,(H,15,16,17)(H,18,19,20);;. The van der Waals surface area contributed by atoms with Gasteiger partial charge < -0.3 is 4.42 Å². The quantitative estimate of drug-likeness (QED) is 0.461. The minimum atomic E-state index is -4.72. The molecule has 3 aromatic rings. The average Bonchev–Trinajstić information content (AvgIpc) is 2.72. The summed E-state index contributed by atoms with van der Waals surface area (Å²) in [5.41, 5.74) is 0.102. The van der Waals surface area contributed by atoms with Crippen molar-refractivity contribution in [2.24, 2.45) is 0 Å². The van der Waals surface area contributed by atoms with Crippen LogP contribution in [-0.2, 0) is 20.2 Å². The summed E-state index contributed by atoms with van der Waals surface area (Å²) in [7, 11) is -9.37. The van der Waals surface area contributed by atoms with Gasteiger partial charge in [0, 0.05) is 70.6 Å². The Morgan fingerprint density at radius 2 is 1.44 bits per heavy atom. The maximum Gasteiger partial charge on any atom is 0.296 e. The Labute approximate surface area is 196 Å². The van der Waals surface area contributed by atoms with E-state index in [1.54, 1.807) is 0 Å². The van der Waals surface area contributed by atoms with E-state index in [4.69, 9.17) is 27.6 Å². The Hall–Kier alpha value is 0.640. The smallest absolute Gasteiger partial charge is 0.296 e. The predicted molar refractivity (Wildman–Crippen MR) is 94.9 cm³/mol. The summed E-state index contributed by atoms with van der Waals surface area (Å²) in [6.45, 7) is 0. The molecule has 2 aromatic carbocycles. The van der Waals surface area contributed by atoms with Crippen LogP contribution in [-0.4, -0.2) is 85.1 Å². The first-order valence-corrected chi connectivity index (χ1v) is 9.43. The molecule has 0 amide bonds. The van der Waals surface area contributed by atoms with Gasteiger partial charge in [-0.25, -0.2) is 0 Å². The number of hydrogen-bond acceptors (Lipinski definition) is 5. The number of halogens is 2. The summed E-state index contributed by atoms with van der Waals surface area (Å²) in [5.74, 6) is 0. The molecule has 0 spiro atoms. The van der Waals surface area contributed by atoms with Crippen molar-refractivity contribution in [2.45, 2.75) is 9.79 Å². The maximum absolute atomic E-state index is 11.6. The number of rotatable bonds is 2. The molecule has 2 N–H and O–H groups in total. The van der Waals surface area contributed by atoms with Gasteiger partial charge in [0.1, 0.15) is 21.0 Å². The van der Waals surface area contributed by atoms with Crippen molar-refractivity contribution in [3.05, 3.63) is 34.3 Å². The van der Waals surface area contributed by atoms with Gasteiger partial charge in [0.05, 0.1) is 15.4 Å². The van der Waals surface area contributed by atoms with Gasteiger partial charge >= 0.3 is 0 Å². The van der Waals surface area contributed by atoms with Crippen LogP contribution in [0.1, 0.15) is 0 Å². The van der Waals surface area contributed by atoms with E-state index in [1.807, 2.05) is 0 Å². The molecular weight excluding hydrogens is 437 g/mol. The Balaban J connectivity index is 0.00000156. The normalized spacial score (nSPS) is 12.0. The minimum Gasteiger partial charge on any atom is -0.456 e. The van der Waals surface area contributed by atoms with Crippen LogP contribution in [0, 0.1) is 0 Å². The van der Waals surface area contributed by atoms with E-state index in [-0.39, 0.29) is 91.1 Å². The fourth-order valence-electron chi connectivity index (χ4n) is 2.26. The van der Waals surface area contributed by atoms with Gasteiger partial charge in [-0.15, -0.1) is 0 Å². The summed E-state index contributed by atoms with van der Waals surface area (Å²) < 4.78 is 69.9. The van der Waals surface area contributed by atoms with Gasteiger partial charge in [0.2, 0.25) is 0 Å². The SMILES string of the molecule is O=S(=O)(O)c1cc2c(cc1Cl)oc1ccc(Cl)c(S(=O)(=O)O)c12.[Na].[Na]. The third-order valence-corrected chi connectivity index (χ3v) is 5.82. The second-order valence-corrected chi connectivity index (χ2v) is 8.14. The third-order valence-electron chi connectivity index (χ3n) is 3.13. The molecule has 0 aliphatic heterocycles. The molecule has 25 heavy (non-hydrogen) atoms. The topological polar surface area (TPSA) is 122 Å². The Bertz CT molecular complexity index is 1190. The van der Waals surface area contributed by atoms with Crippen LogP contribution in [0.2, 0.25) is 10.0 Å². The Morgan fingerprint density at radius 1 is 0.840 bits per heavy atom. The fourth-order valence-corrected chi connectivity index (χ4v) is 4.51. The van der Waals surface area contributed by atoms with Crippen LogP contribution in [0.4, 0.5) is 0 Å². The zero-order valence-electron chi connectivity index (χ0n) is 12.8. The Kier molecular flexibility index (Phi) is 7.52. The summed E-state index contributed by atoms with van der Waals surface area (Å²) in [5, 5.41) is -0.687. The second-order valence-electron chi connectivity index (χ2n) is 4.58. The molecule has 3 rings (SSSR count). The van der Waals surface area contributed by atoms with Crippen molar-refractivity contribution < 1.29 is 30.4 Å². The van der Waals surface area contributed by atoms with Gasteiger partial charge in [0.25, 0.3) is 20.2 Å². The van der Waals surface area contributed by atoms with E-state index in [0.717, 1.165) is 12.1 Å². The molecule has 13 heteroatoms. The molecule has 7 nitrogen and oxygen atoms in total. The zero-order chi connectivity index (χ0) is 17.2. The second kappa shape index (κ2) is 7.94. The summed E-state index contributed by atoms with van der Waals surface area (Å²) in [6.07, 6.45) is 0. The van der Waals surface area contributed by atoms with Crippen LogP contribution in [0.15, 0.2) is 38.5 Å². The summed E-state index contributed by atoms with van der Waals surface area (Å²) in [4.78, 5) is -1.25. The summed E-state index contributed by atoms with van der Waals surface area (Å²) >= 11 is 11.6. The van der Waals surface area contributed by atoms with E-state index >= 15 is 0 Å². The molecule has 2 radical (unpaired) electrons. The van der Waals surface area contributed by atoms with Crippen LogP contribution >= 0.6 is 23.2 Å². The largest absolute Gasteiger partial charge is 0.456 e. The first-order valence-electron chi connectivity index (χ1n) is 5.79. The molecule has 0 saturated carbocycles. The van der Waals surface area contributed by atoms with Crippen LogP contribution in [0.25, 0.3) is 21.9 Å². The molecule has 0 bridgehead atoms. The van der Waals surface area contributed by atoms with Crippen molar-refractivity contribution in [1.29, 1.82) is 0 Å². The van der Waals surface area contributed by atoms with Crippen LogP contribution < -0.4 is 0 Å². The first kappa shape index (κ1) is 23.7. The molecule has 0 aliphatic rings. The van der Waals surface area contributed by atoms with Crippen LogP contribution in [0.3, 0.4) is 0 Å². The van der Waals surface area contributed by atoms with E-state index in [0.29, 0.717) is 0 Å². The van der Waals surface area contributed by atoms with Crippen molar-refractivity contribution in [1.82, 2.24) is 0 Å². The van der Waals surface area contributed by atoms with E-state index in [1.165, 1.54) is 12.1 Å². The van der Waals surface area contributed by atoms with E-state index in [9.17, 15) is 25.9 Å². The van der Waals surface area contributed by atoms with Crippen molar-refractivity contribution in [3.63, 3.8) is 0 Å². The van der Waals surface area contributed by atoms with Crippen molar-refractivity contribution in [3.8, 4) is 0 Å². The Morgan fingerprint density at radius 3 is 1.96 bits per heavy atom. The molecule has 0 aliphatic carbocycles. The fraction of sp³-hybridized carbons (Fsp3) is 0. The maximum atomic E-state index is 11.6. The van der Waals surface area contributed by atoms with Crippen molar-refractivity contribution >= 4 is 124 Å². The number of hydrogen-bond donors (Lipinski definition) is 2.